The molecular formula is C31H31ClFNO4. The third-order valence-electron chi connectivity index (χ3n) is 6.93. The number of para-hydroxylation sites is 2. The van der Waals surface area contributed by atoms with E-state index in [1.807, 2.05) is 29.2 Å². The Kier molecular flexibility index (Phi) is 8.74. The lowest BCUT2D eigenvalue weighted by molar-refractivity contribution is -0.139. The minimum atomic E-state index is -1.11. The lowest BCUT2D eigenvalue weighted by atomic mass is 9.90. The highest BCUT2D eigenvalue weighted by molar-refractivity contribution is 5.86. The fourth-order valence-electron chi connectivity index (χ4n) is 5.11. The molecule has 1 aliphatic heterocycles. The van der Waals surface area contributed by atoms with Crippen LogP contribution >= 0.6 is 12.4 Å². The second kappa shape index (κ2) is 12.2. The number of nitrogens with zero attached hydrogens (tertiary/aromatic N) is 1. The second-order valence-electron chi connectivity index (χ2n) is 9.51. The molecule has 1 aliphatic rings. The van der Waals surface area contributed by atoms with Crippen molar-refractivity contribution in [2.75, 3.05) is 18.1 Å². The number of carboxylic acids is 1. The monoisotopic (exact) mass is 535 g/mol. The van der Waals surface area contributed by atoms with Gasteiger partial charge in [-0.2, -0.15) is 0 Å². The second-order valence-corrected chi connectivity index (χ2v) is 9.51. The first-order chi connectivity index (χ1) is 18.0. The molecule has 7 heteroatoms. The fraction of sp³-hybridized carbons (Fsp3) is 0.258. The predicted molar refractivity (Wildman–Crippen MR) is 151 cm³/mol. The third-order valence-corrected chi connectivity index (χ3v) is 6.93. The van der Waals surface area contributed by atoms with Crippen LogP contribution in [-0.4, -0.2) is 30.3 Å². The summed E-state index contributed by atoms with van der Waals surface area (Å²) in [5, 5.41) is 11.4. The van der Waals surface area contributed by atoms with Crippen molar-refractivity contribution in [3.05, 3.63) is 96.3 Å². The van der Waals surface area contributed by atoms with E-state index >= 15 is 4.39 Å². The highest BCUT2D eigenvalue weighted by atomic mass is 35.5. The van der Waals surface area contributed by atoms with Crippen molar-refractivity contribution >= 4 is 40.5 Å². The SMILES string of the molecule is C[C@@H](CCCC1CN(c2ccc(OCC(=O)O)cc2F)c2ccccc2O1)c1cccc2ccccc12.Cl. The minimum absolute atomic E-state index is 0. The molecule has 0 saturated carbocycles. The molecule has 0 fully saturated rings. The molecule has 5 nitrogen and oxygen atoms in total. The van der Waals surface area contributed by atoms with Crippen molar-refractivity contribution in [2.24, 2.45) is 0 Å². The van der Waals surface area contributed by atoms with Gasteiger partial charge in [-0.1, -0.05) is 61.5 Å². The number of hydrogen-bond acceptors (Lipinski definition) is 4. The summed E-state index contributed by atoms with van der Waals surface area (Å²) in [4.78, 5) is 12.7. The molecule has 1 unspecified atom stereocenters. The first-order valence-electron chi connectivity index (χ1n) is 12.6. The van der Waals surface area contributed by atoms with Crippen molar-refractivity contribution < 1.29 is 23.8 Å². The summed E-state index contributed by atoms with van der Waals surface area (Å²) in [5.41, 5.74) is 2.58. The highest BCUT2D eigenvalue weighted by Crippen LogP contribution is 2.40. The van der Waals surface area contributed by atoms with Crippen LogP contribution in [-0.2, 0) is 4.79 Å². The van der Waals surface area contributed by atoms with Crippen LogP contribution in [0.3, 0.4) is 0 Å². The smallest absolute Gasteiger partial charge is 0.341 e. The highest BCUT2D eigenvalue weighted by Gasteiger charge is 2.28. The lowest BCUT2D eigenvalue weighted by Crippen LogP contribution is -2.37. The summed E-state index contributed by atoms with van der Waals surface area (Å²) in [5.74, 6) is -0.253. The topological polar surface area (TPSA) is 59.0 Å². The molecular weight excluding hydrogens is 505 g/mol. The molecule has 1 N–H and O–H groups in total. The molecule has 0 amide bonds. The Morgan fingerprint density at radius 1 is 1.05 bits per heavy atom. The van der Waals surface area contributed by atoms with Crippen LogP contribution in [0, 0.1) is 5.82 Å². The van der Waals surface area contributed by atoms with E-state index in [9.17, 15) is 4.79 Å². The minimum Gasteiger partial charge on any atom is -0.486 e. The predicted octanol–water partition coefficient (Wildman–Crippen LogP) is 7.74. The number of rotatable bonds is 9. The van der Waals surface area contributed by atoms with E-state index in [2.05, 4.69) is 49.4 Å². The van der Waals surface area contributed by atoms with Gasteiger partial charge < -0.3 is 19.5 Å². The molecule has 1 heterocycles. The van der Waals surface area contributed by atoms with Crippen LogP contribution in [0.4, 0.5) is 15.8 Å². The zero-order chi connectivity index (χ0) is 25.8. The third kappa shape index (κ3) is 6.03. The van der Waals surface area contributed by atoms with Crippen LogP contribution < -0.4 is 14.4 Å². The zero-order valence-corrected chi connectivity index (χ0v) is 22.0. The van der Waals surface area contributed by atoms with Gasteiger partial charge in [0.25, 0.3) is 0 Å². The van der Waals surface area contributed by atoms with Gasteiger partial charge >= 0.3 is 5.97 Å². The van der Waals surface area contributed by atoms with Gasteiger partial charge in [0, 0.05) is 6.07 Å². The Bertz CT molecular complexity index is 1410. The van der Waals surface area contributed by atoms with E-state index < -0.39 is 18.4 Å². The average molecular weight is 536 g/mol. The number of carbonyl (C=O) groups is 1. The van der Waals surface area contributed by atoms with Crippen LogP contribution in [0.2, 0.25) is 0 Å². The summed E-state index contributed by atoms with van der Waals surface area (Å²) < 4.78 is 26.6. The first kappa shape index (κ1) is 27.3. The molecule has 2 atom stereocenters. The summed E-state index contributed by atoms with van der Waals surface area (Å²) in [6.45, 7) is 2.28. The van der Waals surface area contributed by atoms with Crippen molar-refractivity contribution in [3.8, 4) is 11.5 Å². The first-order valence-corrected chi connectivity index (χ1v) is 12.6. The molecule has 0 spiro atoms. The zero-order valence-electron chi connectivity index (χ0n) is 21.2. The van der Waals surface area contributed by atoms with E-state index in [0.717, 1.165) is 30.7 Å². The maximum absolute atomic E-state index is 15.1. The average Bonchev–Trinajstić information content (AvgIpc) is 2.91. The molecule has 198 valence electrons. The molecule has 0 saturated heterocycles. The largest absolute Gasteiger partial charge is 0.486 e. The number of hydrogen-bond donors (Lipinski definition) is 1. The van der Waals surface area contributed by atoms with Gasteiger partial charge in [-0.3, -0.25) is 0 Å². The normalized spacial score (nSPS) is 15.2. The van der Waals surface area contributed by atoms with E-state index in [1.54, 1.807) is 12.1 Å². The van der Waals surface area contributed by atoms with Crippen molar-refractivity contribution in [2.45, 2.75) is 38.2 Å². The van der Waals surface area contributed by atoms with E-state index in [-0.39, 0.29) is 24.3 Å². The number of halogens is 2. The molecule has 0 radical (unpaired) electrons. The number of anilines is 2. The van der Waals surface area contributed by atoms with E-state index in [1.165, 1.54) is 22.4 Å². The van der Waals surface area contributed by atoms with Gasteiger partial charge in [0.05, 0.1) is 17.9 Å². The van der Waals surface area contributed by atoms with Crippen LogP contribution in [0.15, 0.2) is 84.9 Å². The van der Waals surface area contributed by atoms with Crippen molar-refractivity contribution in [1.82, 2.24) is 0 Å². The fourth-order valence-corrected chi connectivity index (χ4v) is 5.11. The lowest BCUT2D eigenvalue weighted by Gasteiger charge is -2.36. The Hall–Kier alpha value is -3.77. The molecule has 0 bridgehead atoms. The standard InChI is InChI=1S/C31H30FNO4.ClH/c1-21(25-13-7-10-22-9-2-3-12-26(22)25)8-6-11-24-19-33(29-14-4-5-15-30(29)37-24)28-17-16-23(18-27(28)32)36-20-31(34)35;/h2-5,7,9-10,12-18,21,24H,6,8,11,19-20H2,1H3,(H,34,35);1H/t21-,24?;/m0./s1. The molecule has 4 aromatic carbocycles. The quantitative estimate of drug-likeness (QED) is 0.237. The summed E-state index contributed by atoms with van der Waals surface area (Å²) in [6, 6.07) is 27.1. The van der Waals surface area contributed by atoms with Gasteiger partial charge in [0.15, 0.2) is 12.4 Å². The number of carboxylic acid groups (broad SMARTS) is 1. The molecule has 38 heavy (non-hydrogen) atoms. The maximum Gasteiger partial charge on any atom is 0.341 e. The van der Waals surface area contributed by atoms with Gasteiger partial charge in [-0.25, -0.2) is 9.18 Å². The number of ether oxygens (including phenoxy) is 2. The molecule has 4 aromatic rings. The Morgan fingerprint density at radius 3 is 2.63 bits per heavy atom. The van der Waals surface area contributed by atoms with Crippen molar-refractivity contribution in [3.63, 3.8) is 0 Å². The summed E-state index contributed by atoms with van der Waals surface area (Å²) >= 11 is 0. The summed E-state index contributed by atoms with van der Waals surface area (Å²) in [7, 11) is 0. The van der Waals surface area contributed by atoms with E-state index in [0.29, 0.717) is 18.2 Å². The maximum atomic E-state index is 15.1. The summed E-state index contributed by atoms with van der Waals surface area (Å²) in [6.07, 6.45) is 2.77. The molecule has 0 aliphatic carbocycles. The van der Waals surface area contributed by atoms with E-state index in [4.69, 9.17) is 14.6 Å². The molecule has 0 aromatic heterocycles. The van der Waals surface area contributed by atoms with Gasteiger partial charge in [0.1, 0.15) is 17.6 Å². The van der Waals surface area contributed by atoms with Gasteiger partial charge in [-0.15, -0.1) is 12.4 Å². The Morgan fingerprint density at radius 2 is 1.82 bits per heavy atom. The van der Waals surface area contributed by atoms with Crippen LogP contribution in [0.5, 0.6) is 11.5 Å². The Balaban J connectivity index is 0.00000336. The Labute approximate surface area is 228 Å². The number of benzene rings is 4. The van der Waals surface area contributed by atoms with Crippen molar-refractivity contribution in [1.29, 1.82) is 0 Å². The van der Waals surface area contributed by atoms with Gasteiger partial charge in [0.2, 0.25) is 0 Å². The van der Waals surface area contributed by atoms with Crippen LogP contribution in [0.1, 0.15) is 37.7 Å². The molecule has 5 rings (SSSR count). The van der Waals surface area contributed by atoms with Gasteiger partial charge in [-0.05, 0) is 65.8 Å². The van der Waals surface area contributed by atoms with Crippen LogP contribution in [0.25, 0.3) is 10.8 Å². The number of fused-ring (bicyclic) bond motifs is 2. The number of aliphatic carboxylic acids is 1.